The van der Waals surface area contributed by atoms with Crippen LogP contribution in [0.3, 0.4) is 0 Å². The zero-order valence-electron chi connectivity index (χ0n) is 12.6. The van der Waals surface area contributed by atoms with Gasteiger partial charge in [-0.3, -0.25) is 4.79 Å². The maximum atomic E-state index is 12.7. The highest BCUT2D eigenvalue weighted by Crippen LogP contribution is 2.24. The fourth-order valence-electron chi connectivity index (χ4n) is 2.71. The van der Waals surface area contributed by atoms with Gasteiger partial charge in [-0.1, -0.05) is 13.0 Å². The number of carboxylic acids is 1. The third kappa shape index (κ3) is 3.14. The van der Waals surface area contributed by atoms with Crippen molar-refractivity contribution >= 4 is 21.7 Å². The lowest BCUT2D eigenvalue weighted by atomic mass is 10.0. The van der Waals surface area contributed by atoms with Gasteiger partial charge in [-0.25, -0.2) is 13.2 Å². The molecule has 0 spiro atoms. The van der Waals surface area contributed by atoms with Crippen LogP contribution in [0.4, 0.5) is 0 Å². The Balaban J connectivity index is 2.46. The Morgan fingerprint density at radius 3 is 2.59 bits per heavy atom. The summed E-state index contributed by atoms with van der Waals surface area (Å²) in [5.41, 5.74) is 0.993. The van der Waals surface area contributed by atoms with Gasteiger partial charge in [0.1, 0.15) is 6.04 Å². The van der Waals surface area contributed by atoms with Gasteiger partial charge in [0, 0.05) is 18.4 Å². The van der Waals surface area contributed by atoms with Crippen LogP contribution in [-0.2, 0) is 21.1 Å². The monoisotopic (exact) mass is 325 g/mol. The molecule has 1 aliphatic heterocycles. The van der Waals surface area contributed by atoms with Gasteiger partial charge in [0.25, 0.3) is 5.91 Å². The summed E-state index contributed by atoms with van der Waals surface area (Å²) in [7, 11) is -3.42. The first kappa shape index (κ1) is 16.5. The normalized spacial score (nSPS) is 18.5. The molecule has 0 aliphatic carbocycles. The molecule has 2 rings (SSSR count). The van der Waals surface area contributed by atoms with E-state index in [-0.39, 0.29) is 10.5 Å². The van der Waals surface area contributed by atoms with Crippen LogP contribution >= 0.6 is 0 Å². The molecule has 1 aromatic rings. The number of hydrogen-bond donors (Lipinski definition) is 1. The number of aliphatic carboxylic acids is 1. The fraction of sp³-hybridized carbons (Fsp3) is 0.467. The number of hydrogen-bond acceptors (Lipinski definition) is 4. The summed E-state index contributed by atoms with van der Waals surface area (Å²) in [6.07, 6.45) is 2.71. The first-order chi connectivity index (χ1) is 10.3. The van der Waals surface area contributed by atoms with Crippen LogP contribution in [0.1, 0.15) is 35.7 Å². The quantitative estimate of drug-likeness (QED) is 0.902. The van der Waals surface area contributed by atoms with E-state index in [1.807, 2.05) is 6.92 Å². The second-order valence-corrected chi connectivity index (χ2v) is 7.46. The molecule has 0 saturated carbocycles. The van der Waals surface area contributed by atoms with Crippen LogP contribution in [0.2, 0.25) is 0 Å². The Hall–Kier alpha value is -1.89. The highest BCUT2D eigenvalue weighted by atomic mass is 32.2. The third-order valence-corrected chi connectivity index (χ3v) is 5.03. The maximum Gasteiger partial charge on any atom is 0.326 e. The van der Waals surface area contributed by atoms with E-state index in [1.165, 1.54) is 17.0 Å². The van der Waals surface area contributed by atoms with Crippen molar-refractivity contribution in [3.63, 3.8) is 0 Å². The summed E-state index contributed by atoms with van der Waals surface area (Å²) in [5.74, 6) is -1.43. The second kappa shape index (κ2) is 6.08. The number of carbonyl (C=O) groups excluding carboxylic acids is 1. The van der Waals surface area contributed by atoms with Crippen molar-refractivity contribution in [1.29, 1.82) is 0 Å². The van der Waals surface area contributed by atoms with Crippen molar-refractivity contribution in [2.24, 2.45) is 0 Å². The Labute approximate surface area is 129 Å². The molecular formula is C15H19NO5S. The highest BCUT2D eigenvalue weighted by molar-refractivity contribution is 7.90. The highest BCUT2D eigenvalue weighted by Gasteiger charge is 2.35. The van der Waals surface area contributed by atoms with E-state index in [0.29, 0.717) is 31.4 Å². The van der Waals surface area contributed by atoms with Crippen molar-refractivity contribution in [2.45, 2.75) is 37.1 Å². The van der Waals surface area contributed by atoms with Gasteiger partial charge in [-0.15, -0.1) is 0 Å². The van der Waals surface area contributed by atoms with Crippen molar-refractivity contribution in [3.8, 4) is 0 Å². The number of benzene rings is 1. The lowest BCUT2D eigenvalue weighted by molar-refractivity contribution is -0.141. The largest absolute Gasteiger partial charge is 0.480 e. The molecule has 0 bridgehead atoms. The molecule has 0 radical (unpaired) electrons. The van der Waals surface area contributed by atoms with E-state index in [4.69, 9.17) is 0 Å². The van der Waals surface area contributed by atoms with Crippen LogP contribution in [0.25, 0.3) is 0 Å². The van der Waals surface area contributed by atoms with Gasteiger partial charge in [-0.2, -0.15) is 0 Å². The molecular weight excluding hydrogens is 306 g/mol. The van der Waals surface area contributed by atoms with Gasteiger partial charge < -0.3 is 10.0 Å². The van der Waals surface area contributed by atoms with Crippen LogP contribution in [-0.4, -0.2) is 49.1 Å². The minimum Gasteiger partial charge on any atom is -0.480 e. The molecule has 1 aromatic carbocycles. The summed E-state index contributed by atoms with van der Waals surface area (Å²) in [4.78, 5) is 25.3. The van der Waals surface area contributed by atoms with E-state index < -0.39 is 27.8 Å². The zero-order chi connectivity index (χ0) is 16.5. The molecule has 1 aliphatic rings. The van der Waals surface area contributed by atoms with Gasteiger partial charge >= 0.3 is 5.97 Å². The average molecular weight is 325 g/mol. The van der Waals surface area contributed by atoms with Gasteiger partial charge in [0.2, 0.25) is 0 Å². The topological polar surface area (TPSA) is 91.8 Å². The molecule has 7 heteroatoms. The molecule has 1 heterocycles. The van der Waals surface area contributed by atoms with E-state index >= 15 is 0 Å². The lowest BCUT2D eigenvalue weighted by Gasteiger charge is -2.23. The SMILES string of the molecule is CCc1ccc(S(C)(=O)=O)cc1C(=O)N1CCC[C@@H]1C(=O)O. The standard InChI is InChI=1S/C15H19NO5S/c1-3-10-6-7-11(22(2,20)21)9-12(10)14(17)16-8-4-5-13(16)15(18)19/h6-7,9,13H,3-5,8H2,1-2H3,(H,18,19)/t13-/m1/s1. The Morgan fingerprint density at radius 1 is 1.36 bits per heavy atom. The Kier molecular flexibility index (Phi) is 4.55. The number of carboxylic acid groups (broad SMARTS) is 1. The molecule has 0 unspecified atom stereocenters. The number of likely N-dealkylation sites (tertiary alicyclic amines) is 1. The Morgan fingerprint density at radius 2 is 2.05 bits per heavy atom. The molecule has 22 heavy (non-hydrogen) atoms. The van der Waals surface area contributed by atoms with Crippen molar-refractivity contribution in [1.82, 2.24) is 4.90 Å². The van der Waals surface area contributed by atoms with Crippen molar-refractivity contribution in [3.05, 3.63) is 29.3 Å². The number of sulfone groups is 1. The summed E-state index contributed by atoms with van der Waals surface area (Å²) in [6.45, 7) is 2.24. The molecule has 1 fully saturated rings. The van der Waals surface area contributed by atoms with E-state index in [2.05, 4.69) is 0 Å². The summed E-state index contributed by atoms with van der Waals surface area (Å²) >= 11 is 0. The molecule has 6 nitrogen and oxygen atoms in total. The van der Waals surface area contributed by atoms with Gasteiger partial charge in [0.05, 0.1) is 4.90 Å². The predicted molar refractivity (Wildman–Crippen MR) is 80.6 cm³/mol. The smallest absolute Gasteiger partial charge is 0.326 e. The summed E-state index contributed by atoms with van der Waals surface area (Å²) in [5, 5.41) is 9.20. The number of carbonyl (C=O) groups is 2. The summed E-state index contributed by atoms with van der Waals surface area (Å²) < 4.78 is 23.4. The first-order valence-electron chi connectivity index (χ1n) is 7.12. The van der Waals surface area contributed by atoms with E-state index in [0.717, 1.165) is 6.26 Å². The lowest BCUT2D eigenvalue weighted by Crippen LogP contribution is -2.40. The molecule has 0 aromatic heterocycles. The van der Waals surface area contributed by atoms with Crippen molar-refractivity contribution < 1.29 is 23.1 Å². The van der Waals surface area contributed by atoms with Crippen molar-refractivity contribution in [2.75, 3.05) is 12.8 Å². The number of amides is 1. The Bertz CT molecular complexity index is 711. The van der Waals surface area contributed by atoms with Gasteiger partial charge in [-0.05, 0) is 37.0 Å². The average Bonchev–Trinajstić information content (AvgIpc) is 2.94. The zero-order valence-corrected chi connectivity index (χ0v) is 13.4. The minimum absolute atomic E-state index is 0.0686. The van der Waals surface area contributed by atoms with Crippen LogP contribution in [0.5, 0.6) is 0 Å². The number of rotatable bonds is 4. The van der Waals surface area contributed by atoms with Gasteiger partial charge in [0.15, 0.2) is 9.84 Å². The van der Waals surface area contributed by atoms with E-state index in [1.54, 1.807) is 6.07 Å². The fourth-order valence-corrected chi connectivity index (χ4v) is 3.36. The molecule has 1 saturated heterocycles. The van der Waals surface area contributed by atoms with Crippen LogP contribution in [0.15, 0.2) is 23.1 Å². The molecule has 120 valence electrons. The number of nitrogens with zero attached hydrogens (tertiary/aromatic N) is 1. The summed E-state index contributed by atoms with van der Waals surface area (Å²) in [6, 6.07) is 3.62. The molecule has 1 N–H and O–H groups in total. The first-order valence-corrected chi connectivity index (χ1v) is 9.01. The molecule has 1 amide bonds. The van der Waals surface area contributed by atoms with Crippen LogP contribution in [0, 0.1) is 0 Å². The third-order valence-electron chi connectivity index (χ3n) is 3.92. The second-order valence-electron chi connectivity index (χ2n) is 5.44. The maximum absolute atomic E-state index is 12.7. The minimum atomic E-state index is -3.42. The number of aryl methyl sites for hydroxylation is 1. The van der Waals surface area contributed by atoms with Crippen LogP contribution < -0.4 is 0 Å². The predicted octanol–water partition coefficient (Wildman–Crippen LogP) is 1.34. The van der Waals surface area contributed by atoms with E-state index in [9.17, 15) is 23.1 Å². The molecule has 1 atom stereocenters.